The molecule has 15 nitrogen and oxygen atoms in total. The summed E-state index contributed by atoms with van der Waals surface area (Å²) in [6.45, 7) is 14.4. The molecule has 3 aromatic rings. The van der Waals surface area contributed by atoms with Gasteiger partial charge in [0.2, 0.25) is 5.91 Å². The molecule has 0 spiro atoms. The maximum atomic E-state index is 13.5. The van der Waals surface area contributed by atoms with Crippen LogP contribution in [0.1, 0.15) is 83.6 Å². The molecule has 308 valence electrons. The molecule has 8 rings (SSSR count). The summed E-state index contributed by atoms with van der Waals surface area (Å²) in [4.78, 5) is 75.5. The highest BCUT2D eigenvalue weighted by atomic mass is 35.5. The minimum atomic E-state index is -0.778. The number of nitrogens with one attached hydrogen (secondary N) is 2. The molecule has 0 unspecified atom stereocenters. The summed E-state index contributed by atoms with van der Waals surface area (Å²) in [5.41, 5.74) is 1.51. The smallest absolute Gasteiger partial charge is 0.343 e. The van der Waals surface area contributed by atoms with Crippen LogP contribution in [0.3, 0.4) is 0 Å². The van der Waals surface area contributed by atoms with Gasteiger partial charge in [0.1, 0.15) is 23.7 Å². The van der Waals surface area contributed by atoms with Gasteiger partial charge >= 0.3 is 6.03 Å². The van der Waals surface area contributed by atoms with Gasteiger partial charge in [-0.25, -0.2) is 14.8 Å². The van der Waals surface area contributed by atoms with Crippen molar-refractivity contribution in [2.24, 2.45) is 16.7 Å². The van der Waals surface area contributed by atoms with Crippen LogP contribution in [-0.2, 0) is 4.79 Å². The van der Waals surface area contributed by atoms with Gasteiger partial charge in [0.05, 0.1) is 33.8 Å². The summed E-state index contributed by atoms with van der Waals surface area (Å²) in [5.74, 6) is 0.250. The van der Waals surface area contributed by atoms with Gasteiger partial charge in [-0.05, 0) is 61.2 Å². The van der Waals surface area contributed by atoms with Gasteiger partial charge < -0.3 is 19.9 Å². The van der Waals surface area contributed by atoms with E-state index in [1.807, 2.05) is 18.2 Å². The van der Waals surface area contributed by atoms with Crippen LogP contribution in [0.2, 0.25) is 5.02 Å². The minimum absolute atomic E-state index is 0.0133. The number of aromatic nitrogens is 1. The number of ether oxygens (including phenoxy) is 1. The molecule has 1 saturated carbocycles. The number of benzene rings is 2. The van der Waals surface area contributed by atoms with Crippen LogP contribution in [0.4, 0.5) is 16.3 Å². The average molecular weight is 822 g/mol. The third-order valence-electron chi connectivity index (χ3n) is 12.8. The number of fused-ring (bicyclic) bond motifs is 1. The molecule has 59 heavy (non-hydrogen) atoms. The number of carbonyl (C=O) groups excluding carboxylic acids is 5. The molecule has 2 N–H and O–H groups in total. The first-order valence-corrected chi connectivity index (χ1v) is 20.5. The second-order valence-corrected chi connectivity index (χ2v) is 17.7. The summed E-state index contributed by atoms with van der Waals surface area (Å²) in [5, 5.41) is 16.8. The normalized spacial score (nSPS) is 23.1. The Kier molecular flexibility index (Phi) is 10.5. The second-order valence-electron chi connectivity index (χ2n) is 17.3. The van der Waals surface area contributed by atoms with Crippen molar-refractivity contribution in [3.05, 3.63) is 82.0 Å². The highest BCUT2D eigenvalue weighted by Gasteiger charge is 2.64. The molecule has 16 heteroatoms. The minimum Gasteiger partial charge on any atom is -0.489 e. The number of hydrazine groups is 1. The fourth-order valence-corrected chi connectivity index (χ4v) is 10.0. The van der Waals surface area contributed by atoms with Crippen molar-refractivity contribution in [3.63, 3.8) is 0 Å². The molecule has 3 saturated heterocycles. The zero-order valence-corrected chi connectivity index (χ0v) is 34.4. The number of carbonyl (C=O) groups is 5. The molecule has 0 bridgehead atoms. The van der Waals surface area contributed by atoms with Gasteiger partial charge in [-0.1, -0.05) is 39.3 Å². The number of nitrogens with zero attached hydrogens (tertiary/aromatic N) is 7. The average Bonchev–Trinajstić information content (AvgIpc) is 3.47. The molecule has 5 aliphatic rings. The lowest BCUT2D eigenvalue weighted by atomic mass is 9.49. The molecular formula is C43H48ClN9O6. The van der Waals surface area contributed by atoms with Gasteiger partial charge in [-0.15, -0.1) is 0 Å². The largest absolute Gasteiger partial charge is 0.489 e. The molecule has 6 amide bonds. The standard InChI is InChI=1S/C43H48ClN9O6/c1-42(2)39(43(3,4)40(42)59-30-8-5-27(23-45)33(44)22-30)48-36(55)28-6-10-34(46-24-28)51-14-11-26(12-15-51)25-49-17-19-50(20-18-49)29-7-9-31-32(21-29)38(57)53(37(31)56)52-16-13-35(54)47-41(52)58/h5-10,21-22,24,26,39-40H,11-20,25H2,1-4H3,(H,48,55)(H,47,54,58). The molecule has 2 aromatic carbocycles. The summed E-state index contributed by atoms with van der Waals surface area (Å²) in [7, 11) is 0. The molecule has 4 fully saturated rings. The summed E-state index contributed by atoms with van der Waals surface area (Å²) >= 11 is 6.25. The number of halogens is 1. The zero-order valence-electron chi connectivity index (χ0n) is 33.7. The quantitative estimate of drug-likeness (QED) is 0.287. The monoisotopic (exact) mass is 821 g/mol. The summed E-state index contributed by atoms with van der Waals surface area (Å²) < 4.78 is 6.37. The van der Waals surface area contributed by atoms with E-state index in [-0.39, 0.29) is 53.0 Å². The fraction of sp³-hybridized carbons (Fsp3) is 0.465. The number of amides is 6. The van der Waals surface area contributed by atoms with Crippen molar-refractivity contribution in [1.82, 2.24) is 30.5 Å². The van der Waals surface area contributed by atoms with Crippen molar-refractivity contribution in [1.29, 1.82) is 5.26 Å². The predicted octanol–water partition coefficient (Wildman–Crippen LogP) is 4.71. The van der Waals surface area contributed by atoms with Crippen molar-refractivity contribution < 1.29 is 28.7 Å². The van der Waals surface area contributed by atoms with E-state index in [2.05, 4.69) is 59.1 Å². The first-order valence-electron chi connectivity index (χ1n) is 20.1. The lowest BCUT2D eigenvalue weighted by Crippen LogP contribution is -2.74. The molecule has 0 radical (unpaired) electrons. The summed E-state index contributed by atoms with van der Waals surface area (Å²) in [6.07, 6.45) is 3.54. The molecule has 0 atom stereocenters. The first kappa shape index (κ1) is 40.1. The van der Waals surface area contributed by atoms with E-state index in [4.69, 9.17) is 21.3 Å². The Morgan fingerprint density at radius 2 is 1.61 bits per heavy atom. The van der Waals surface area contributed by atoms with Crippen LogP contribution < -0.4 is 25.2 Å². The maximum absolute atomic E-state index is 13.5. The van der Waals surface area contributed by atoms with Crippen LogP contribution in [-0.4, -0.2) is 114 Å². The number of nitriles is 1. The van der Waals surface area contributed by atoms with E-state index in [1.54, 1.807) is 36.5 Å². The Bertz CT molecular complexity index is 2230. The van der Waals surface area contributed by atoms with E-state index in [1.165, 1.54) is 0 Å². The Balaban J connectivity index is 0.789. The summed E-state index contributed by atoms with van der Waals surface area (Å²) in [6, 6.07) is 15.2. The van der Waals surface area contributed by atoms with Crippen LogP contribution >= 0.6 is 11.6 Å². The Morgan fingerprint density at radius 3 is 2.25 bits per heavy atom. The van der Waals surface area contributed by atoms with E-state index < -0.39 is 23.8 Å². The van der Waals surface area contributed by atoms with Crippen LogP contribution in [0, 0.1) is 28.1 Å². The van der Waals surface area contributed by atoms with E-state index in [9.17, 15) is 29.2 Å². The van der Waals surface area contributed by atoms with Gasteiger partial charge in [0.25, 0.3) is 17.7 Å². The Hall–Kier alpha value is -5.72. The first-order chi connectivity index (χ1) is 28.1. The topological polar surface area (TPSA) is 172 Å². The third-order valence-corrected chi connectivity index (χ3v) is 13.1. The molecule has 5 heterocycles. The van der Waals surface area contributed by atoms with Gasteiger partial charge in [0, 0.05) is 87.1 Å². The number of piperazine rings is 1. The van der Waals surface area contributed by atoms with E-state index in [0.29, 0.717) is 27.8 Å². The number of hydrogen-bond acceptors (Lipinski definition) is 11. The van der Waals surface area contributed by atoms with Crippen LogP contribution in [0.15, 0.2) is 54.7 Å². The number of urea groups is 1. The second kappa shape index (κ2) is 15.5. The van der Waals surface area contributed by atoms with Crippen molar-refractivity contribution in [2.75, 3.05) is 62.2 Å². The van der Waals surface area contributed by atoms with Crippen molar-refractivity contribution in [2.45, 2.75) is 59.1 Å². The van der Waals surface area contributed by atoms with Gasteiger partial charge in [-0.3, -0.25) is 29.4 Å². The van der Waals surface area contributed by atoms with E-state index >= 15 is 0 Å². The Labute approximate surface area is 348 Å². The lowest BCUT2D eigenvalue weighted by Gasteiger charge is -2.63. The van der Waals surface area contributed by atoms with Crippen LogP contribution in [0.25, 0.3) is 0 Å². The fourth-order valence-electron chi connectivity index (χ4n) is 9.79. The van der Waals surface area contributed by atoms with Gasteiger partial charge in [0.15, 0.2) is 0 Å². The number of anilines is 2. The van der Waals surface area contributed by atoms with E-state index in [0.717, 1.165) is 80.2 Å². The molecule has 1 aromatic heterocycles. The predicted molar refractivity (Wildman–Crippen MR) is 219 cm³/mol. The molecular weight excluding hydrogens is 774 g/mol. The van der Waals surface area contributed by atoms with Crippen molar-refractivity contribution in [3.8, 4) is 11.8 Å². The number of pyridine rings is 1. The Morgan fingerprint density at radius 1 is 0.898 bits per heavy atom. The van der Waals surface area contributed by atoms with Crippen molar-refractivity contribution >= 4 is 52.8 Å². The molecule has 4 aliphatic heterocycles. The number of rotatable bonds is 9. The number of piperidine rings is 1. The third kappa shape index (κ3) is 7.44. The van der Waals surface area contributed by atoms with Gasteiger partial charge in [-0.2, -0.15) is 10.3 Å². The number of hydrogen-bond donors (Lipinski definition) is 2. The number of imide groups is 2. The molecule has 1 aliphatic carbocycles. The SMILES string of the molecule is CC1(C)C(NC(=O)c2ccc(N3CCC(CN4CCN(c5ccc6c(c5)C(=O)N(N5CCC(=O)NC5=O)C6=O)CC4)CC3)nc2)C(C)(C)C1Oc1ccc(C#N)c(Cl)c1. The lowest BCUT2D eigenvalue weighted by molar-refractivity contribution is -0.164. The maximum Gasteiger partial charge on any atom is 0.343 e. The zero-order chi connectivity index (χ0) is 41.8. The highest BCUT2D eigenvalue weighted by molar-refractivity contribution is 6.31. The van der Waals surface area contributed by atoms with Crippen LogP contribution in [0.5, 0.6) is 5.75 Å². The highest BCUT2D eigenvalue weighted by Crippen LogP contribution is 2.55.